The molecule has 0 aliphatic heterocycles. The number of benzene rings is 1. The fourth-order valence-corrected chi connectivity index (χ4v) is 2.90. The molecule has 0 bridgehead atoms. The van der Waals surface area contributed by atoms with E-state index in [2.05, 4.69) is 37.0 Å². The monoisotopic (exact) mass is 278 g/mol. The second-order valence-corrected chi connectivity index (χ2v) is 5.88. The Hall–Kier alpha value is -2.23. The predicted molar refractivity (Wildman–Crippen MR) is 82.3 cm³/mol. The number of fused-ring (bicyclic) bond motifs is 2. The van der Waals surface area contributed by atoms with Crippen LogP contribution >= 0.6 is 0 Å². The Bertz CT molecular complexity index is 789. The molecule has 0 spiro atoms. The topological polar surface area (TPSA) is 43.1 Å². The molecule has 0 atom stereocenters. The van der Waals surface area contributed by atoms with Crippen molar-refractivity contribution in [1.29, 1.82) is 0 Å². The van der Waals surface area contributed by atoms with Crippen LogP contribution in [-0.2, 0) is 12.8 Å². The summed E-state index contributed by atoms with van der Waals surface area (Å²) < 4.78 is 1.83. The summed E-state index contributed by atoms with van der Waals surface area (Å²) in [5.41, 5.74) is 6.92. The zero-order chi connectivity index (χ0) is 14.4. The van der Waals surface area contributed by atoms with Gasteiger partial charge >= 0.3 is 0 Å². The zero-order valence-electron chi connectivity index (χ0n) is 12.4. The second-order valence-electron chi connectivity index (χ2n) is 5.88. The van der Waals surface area contributed by atoms with Gasteiger partial charge in [0.15, 0.2) is 0 Å². The Morgan fingerprint density at radius 2 is 1.76 bits per heavy atom. The molecule has 21 heavy (non-hydrogen) atoms. The molecule has 0 fully saturated rings. The highest BCUT2D eigenvalue weighted by atomic mass is 15.3. The van der Waals surface area contributed by atoms with Crippen LogP contribution in [0.4, 0.5) is 0 Å². The lowest BCUT2D eigenvalue weighted by atomic mass is 10.0. The number of imidazole rings is 1. The van der Waals surface area contributed by atoms with Crippen LogP contribution < -0.4 is 0 Å². The maximum atomic E-state index is 4.69. The van der Waals surface area contributed by atoms with E-state index in [4.69, 9.17) is 10.1 Å². The Balaban J connectivity index is 1.84. The first-order chi connectivity index (χ1) is 10.2. The van der Waals surface area contributed by atoms with E-state index in [9.17, 15) is 0 Å². The van der Waals surface area contributed by atoms with Gasteiger partial charge in [0, 0.05) is 5.56 Å². The van der Waals surface area contributed by atoms with Crippen molar-refractivity contribution in [3.63, 3.8) is 0 Å². The highest BCUT2D eigenvalue weighted by Crippen LogP contribution is 2.23. The Kier molecular flexibility index (Phi) is 2.77. The molecule has 2 heterocycles. The van der Waals surface area contributed by atoms with Crippen LogP contribution in [0.3, 0.4) is 0 Å². The molecule has 1 aromatic carbocycles. The van der Waals surface area contributed by atoms with Gasteiger partial charge in [0.05, 0.1) is 23.3 Å². The molecule has 4 rings (SSSR count). The Morgan fingerprint density at radius 1 is 0.952 bits per heavy atom. The summed E-state index contributed by atoms with van der Waals surface area (Å²) in [6, 6.07) is 6.43. The van der Waals surface area contributed by atoms with Crippen LogP contribution in [0, 0.1) is 13.8 Å². The minimum atomic E-state index is 0.712. The molecule has 106 valence electrons. The third kappa shape index (κ3) is 2.11. The number of hydrogen-bond acceptors (Lipinski definition) is 3. The summed E-state index contributed by atoms with van der Waals surface area (Å²) >= 11 is 0. The van der Waals surface area contributed by atoms with Crippen LogP contribution in [-0.4, -0.2) is 19.6 Å². The van der Waals surface area contributed by atoms with Gasteiger partial charge in [-0.3, -0.25) is 0 Å². The quantitative estimate of drug-likeness (QED) is 0.686. The van der Waals surface area contributed by atoms with Gasteiger partial charge in [-0.05, 0) is 56.7 Å². The molecule has 0 radical (unpaired) electrons. The maximum absolute atomic E-state index is 4.69. The first kappa shape index (κ1) is 12.5. The summed E-state index contributed by atoms with van der Waals surface area (Å²) in [5, 5.41) is 4.69. The lowest BCUT2D eigenvalue weighted by Crippen LogP contribution is -2.11. The van der Waals surface area contributed by atoms with Crippen LogP contribution in [0.1, 0.15) is 35.4 Å². The summed E-state index contributed by atoms with van der Waals surface area (Å²) in [4.78, 5) is 9.34. The molecule has 3 aromatic rings. The highest BCUT2D eigenvalue weighted by molar-refractivity contribution is 5.62. The average Bonchev–Trinajstić information content (AvgIpc) is 2.90. The van der Waals surface area contributed by atoms with E-state index in [0.29, 0.717) is 5.78 Å². The minimum absolute atomic E-state index is 0.712. The normalized spacial score (nSPS) is 14.4. The summed E-state index contributed by atoms with van der Waals surface area (Å²) in [5.74, 6) is 0.712. The molecule has 4 nitrogen and oxygen atoms in total. The molecule has 4 heteroatoms. The molecule has 0 saturated carbocycles. The largest absolute Gasteiger partial charge is 0.251 e. The Morgan fingerprint density at radius 3 is 2.57 bits per heavy atom. The summed E-state index contributed by atoms with van der Waals surface area (Å²) in [7, 11) is 0. The van der Waals surface area contributed by atoms with Crippen LogP contribution in [0.2, 0.25) is 0 Å². The van der Waals surface area contributed by atoms with E-state index >= 15 is 0 Å². The van der Waals surface area contributed by atoms with Crippen molar-refractivity contribution < 1.29 is 0 Å². The van der Waals surface area contributed by atoms with E-state index in [1.54, 1.807) is 0 Å². The third-order valence-corrected chi connectivity index (χ3v) is 4.35. The van der Waals surface area contributed by atoms with Crippen molar-refractivity contribution in [3.8, 4) is 11.3 Å². The van der Waals surface area contributed by atoms with Gasteiger partial charge in [0.2, 0.25) is 0 Å². The molecule has 0 N–H and O–H groups in total. The molecule has 1 aliphatic carbocycles. The second kappa shape index (κ2) is 4.65. The number of aryl methyl sites for hydroxylation is 4. The lowest BCUT2D eigenvalue weighted by molar-refractivity contribution is 0.628. The van der Waals surface area contributed by atoms with Gasteiger partial charge in [-0.25, -0.2) is 14.5 Å². The fourth-order valence-electron chi connectivity index (χ4n) is 2.90. The van der Waals surface area contributed by atoms with Gasteiger partial charge in [0.25, 0.3) is 5.78 Å². The standard InChI is InChI=1S/C17H18N4/c1-11-7-8-13(9-12(11)2)16-10-21-17(19-16)18-14-5-3-4-6-15(14)20-21/h7-10H,3-6H2,1-2H3. The first-order valence-corrected chi connectivity index (χ1v) is 7.53. The summed E-state index contributed by atoms with van der Waals surface area (Å²) in [6.07, 6.45) is 6.48. The number of aromatic nitrogens is 4. The molecule has 0 amide bonds. The van der Waals surface area contributed by atoms with Crippen LogP contribution in [0.25, 0.3) is 17.0 Å². The number of nitrogens with zero attached hydrogens (tertiary/aromatic N) is 4. The van der Waals surface area contributed by atoms with Gasteiger partial charge in [-0.15, -0.1) is 0 Å². The van der Waals surface area contributed by atoms with Crippen molar-refractivity contribution in [2.24, 2.45) is 0 Å². The van der Waals surface area contributed by atoms with E-state index in [0.717, 1.165) is 35.5 Å². The highest BCUT2D eigenvalue weighted by Gasteiger charge is 2.15. The van der Waals surface area contributed by atoms with E-state index in [1.807, 2.05) is 10.7 Å². The van der Waals surface area contributed by atoms with Crippen LogP contribution in [0.5, 0.6) is 0 Å². The average molecular weight is 278 g/mol. The van der Waals surface area contributed by atoms with E-state index < -0.39 is 0 Å². The van der Waals surface area contributed by atoms with Gasteiger partial charge in [-0.2, -0.15) is 5.10 Å². The van der Waals surface area contributed by atoms with E-state index in [-0.39, 0.29) is 0 Å². The van der Waals surface area contributed by atoms with Crippen molar-refractivity contribution in [3.05, 3.63) is 46.9 Å². The molecular formula is C17H18N4. The molecule has 0 saturated heterocycles. The van der Waals surface area contributed by atoms with Crippen molar-refractivity contribution in [2.45, 2.75) is 39.5 Å². The number of rotatable bonds is 1. The van der Waals surface area contributed by atoms with Crippen LogP contribution in [0.15, 0.2) is 24.4 Å². The maximum Gasteiger partial charge on any atom is 0.251 e. The molecule has 0 unspecified atom stereocenters. The van der Waals surface area contributed by atoms with Gasteiger partial charge in [-0.1, -0.05) is 12.1 Å². The molecule has 1 aliphatic rings. The van der Waals surface area contributed by atoms with Crippen molar-refractivity contribution in [1.82, 2.24) is 19.6 Å². The number of hydrogen-bond donors (Lipinski definition) is 0. The van der Waals surface area contributed by atoms with Gasteiger partial charge in [0.1, 0.15) is 0 Å². The van der Waals surface area contributed by atoms with Crippen molar-refractivity contribution in [2.75, 3.05) is 0 Å². The molecule has 2 aromatic heterocycles. The minimum Gasteiger partial charge on any atom is -0.214 e. The Labute approximate surface area is 123 Å². The SMILES string of the molecule is Cc1ccc(-c2cn3nc4c(nc3n2)CCCC4)cc1C. The van der Waals surface area contributed by atoms with E-state index in [1.165, 1.54) is 24.0 Å². The smallest absolute Gasteiger partial charge is 0.214 e. The molecular weight excluding hydrogens is 260 g/mol. The lowest BCUT2D eigenvalue weighted by Gasteiger charge is -2.12. The fraction of sp³-hybridized carbons (Fsp3) is 0.353. The summed E-state index contributed by atoms with van der Waals surface area (Å²) in [6.45, 7) is 4.25. The zero-order valence-corrected chi connectivity index (χ0v) is 12.4. The van der Waals surface area contributed by atoms with Crippen molar-refractivity contribution >= 4 is 5.78 Å². The predicted octanol–water partition coefficient (Wildman–Crippen LogP) is 3.29. The first-order valence-electron chi connectivity index (χ1n) is 7.53. The van der Waals surface area contributed by atoms with Gasteiger partial charge < -0.3 is 0 Å². The third-order valence-electron chi connectivity index (χ3n) is 4.35.